The Bertz CT molecular complexity index is 2670. The molecule has 2 aromatic heterocycles. The molecule has 0 aliphatic heterocycles. The molecule has 0 radical (unpaired) electrons. The number of rotatable bonds is 4. The fourth-order valence-electron chi connectivity index (χ4n) is 7.10. The molecule has 0 bridgehead atoms. The average Bonchev–Trinajstić information content (AvgIpc) is 3.68. The second-order valence-corrected chi connectivity index (χ2v) is 12.0. The third-order valence-electron chi connectivity index (χ3n) is 9.25. The predicted octanol–water partition coefficient (Wildman–Crippen LogP) is 11.2. The first-order valence-corrected chi connectivity index (χ1v) is 15.8. The molecule has 9 aromatic rings. The second kappa shape index (κ2) is 10.1. The van der Waals surface area contributed by atoms with E-state index in [2.05, 4.69) is 97.1 Å². The number of aromatic nitrogens is 3. The lowest BCUT2D eigenvalue weighted by molar-refractivity contribution is 0.669. The van der Waals surface area contributed by atoms with E-state index in [1.807, 2.05) is 54.6 Å². The average molecular weight is 600 g/mol. The maximum Gasteiger partial charge on any atom is 0.164 e. The molecule has 0 saturated carbocycles. The fraction of sp³-hybridized carbons (Fsp3) is 0. The van der Waals surface area contributed by atoms with Crippen LogP contribution >= 0.6 is 0 Å². The van der Waals surface area contributed by atoms with Gasteiger partial charge >= 0.3 is 0 Å². The fourth-order valence-corrected chi connectivity index (χ4v) is 7.10. The van der Waals surface area contributed by atoms with Gasteiger partial charge < -0.3 is 4.42 Å². The Morgan fingerprint density at radius 2 is 1.00 bits per heavy atom. The van der Waals surface area contributed by atoms with Gasteiger partial charge in [-0.15, -0.1) is 0 Å². The summed E-state index contributed by atoms with van der Waals surface area (Å²) >= 11 is 0. The van der Waals surface area contributed by atoms with Crippen LogP contribution in [0, 0.1) is 0 Å². The van der Waals surface area contributed by atoms with Crippen LogP contribution < -0.4 is 0 Å². The number of nitrogens with zero attached hydrogens (tertiary/aromatic N) is 3. The number of benzene rings is 7. The Morgan fingerprint density at radius 1 is 0.362 bits per heavy atom. The van der Waals surface area contributed by atoms with Crippen LogP contribution in [0.3, 0.4) is 0 Å². The molecule has 0 N–H and O–H groups in total. The van der Waals surface area contributed by atoms with E-state index in [9.17, 15) is 0 Å². The van der Waals surface area contributed by atoms with E-state index in [0.29, 0.717) is 17.5 Å². The number of hydrogen-bond donors (Lipinski definition) is 0. The van der Waals surface area contributed by atoms with Gasteiger partial charge in [-0.1, -0.05) is 121 Å². The topological polar surface area (TPSA) is 51.8 Å². The summed E-state index contributed by atoms with van der Waals surface area (Å²) < 4.78 is 6.27. The number of para-hydroxylation sites is 1. The first kappa shape index (κ1) is 25.9. The molecule has 218 valence electrons. The first-order valence-electron chi connectivity index (χ1n) is 15.8. The Morgan fingerprint density at radius 3 is 1.81 bits per heavy atom. The van der Waals surface area contributed by atoms with Gasteiger partial charge in [0.05, 0.1) is 0 Å². The summed E-state index contributed by atoms with van der Waals surface area (Å²) in [7, 11) is 0. The van der Waals surface area contributed by atoms with Crippen molar-refractivity contribution in [3.8, 4) is 67.5 Å². The highest BCUT2D eigenvalue weighted by molar-refractivity contribution is 6.18. The Labute approximate surface area is 270 Å². The summed E-state index contributed by atoms with van der Waals surface area (Å²) in [6.07, 6.45) is 0. The van der Waals surface area contributed by atoms with Crippen molar-refractivity contribution < 1.29 is 4.42 Å². The van der Waals surface area contributed by atoms with E-state index in [-0.39, 0.29) is 0 Å². The molecule has 0 amide bonds. The molecule has 4 nitrogen and oxygen atoms in total. The van der Waals surface area contributed by atoms with Gasteiger partial charge in [-0.25, -0.2) is 15.0 Å². The number of fused-ring (bicyclic) bond motifs is 6. The molecule has 2 heterocycles. The quantitative estimate of drug-likeness (QED) is 0.202. The van der Waals surface area contributed by atoms with Gasteiger partial charge in [0.1, 0.15) is 11.2 Å². The van der Waals surface area contributed by atoms with E-state index >= 15 is 0 Å². The third-order valence-corrected chi connectivity index (χ3v) is 9.25. The minimum atomic E-state index is 0.601. The molecule has 0 fully saturated rings. The molecule has 47 heavy (non-hydrogen) atoms. The molecule has 0 spiro atoms. The van der Waals surface area contributed by atoms with E-state index < -0.39 is 0 Å². The summed E-state index contributed by atoms with van der Waals surface area (Å²) in [6.45, 7) is 0. The zero-order valence-electron chi connectivity index (χ0n) is 25.2. The molecule has 4 heteroatoms. The number of hydrogen-bond acceptors (Lipinski definition) is 4. The summed E-state index contributed by atoms with van der Waals surface area (Å²) in [5.74, 6) is 1.86. The van der Waals surface area contributed by atoms with E-state index in [1.165, 1.54) is 27.5 Å². The van der Waals surface area contributed by atoms with Gasteiger partial charge in [0, 0.05) is 33.0 Å². The summed E-state index contributed by atoms with van der Waals surface area (Å²) in [4.78, 5) is 15.5. The predicted molar refractivity (Wildman–Crippen MR) is 191 cm³/mol. The molecule has 10 rings (SSSR count). The lowest BCUT2D eigenvalue weighted by atomic mass is 9.92. The zero-order valence-corrected chi connectivity index (χ0v) is 25.2. The van der Waals surface area contributed by atoms with Gasteiger partial charge in [-0.2, -0.15) is 0 Å². The minimum Gasteiger partial charge on any atom is -0.456 e. The molecule has 1 aliphatic carbocycles. The smallest absolute Gasteiger partial charge is 0.164 e. The van der Waals surface area contributed by atoms with E-state index in [4.69, 9.17) is 19.4 Å². The van der Waals surface area contributed by atoms with Crippen molar-refractivity contribution >= 4 is 32.7 Å². The normalized spacial score (nSPS) is 11.8. The van der Waals surface area contributed by atoms with Gasteiger partial charge in [-0.3, -0.25) is 0 Å². The van der Waals surface area contributed by atoms with Crippen molar-refractivity contribution in [3.63, 3.8) is 0 Å². The van der Waals surface area contributed by atoms with Crippen LogP contribution in [0.2, 0.25) is 0 Å². The van der Waals surface area contributed by atoms with Crippen LogP contribution in [0.1, 0.15) is 0 Å². The van der Waals surface area contributed by atoms with Crippen molar-refractivity contribution in [1.29, 1.82) is 0 Å². The van der Waals surface area contributed by atoms with Crippen LogP contribution in [-0.2, 0) is 0 Å². The van der Waals surface area contributed by atoms with E-state index in [0.717, 1.165) is 55.3 Å². The molecular weight excluding hydrogens is 574 g/mol. The second-order valence-electron chi connectivity index (χ2n) is 12.0. The van der Waals surface area contributed by atoms with Crippen LogP contribution in [-0.4, -0.2) is 15.0 Å². The SMILES string of the molecule is c1ccc(-c2cc(-c3nc(-c4ccccc4)nc(-c4ccc5c(c4)oc4ccccc45)n3)c3c(c2)-c2cccc4cccc-3c24)cc1. The molecule has 0 saturated heterocycles. The largest absolute Gasteiger partial charge is 0.456 e. The maximum absolute atomic E-state index is 6.27. The molecule has 7 aromatic carbocycles. The lowest BCUT2D eigenvalue weighted by Crippen LogP contribution is -2.01. The van der Waals surface area contributed by atoms with E-state index in [1.54, 1.807) is 0 Å². The Hall–Kier alpha value is -6.39. The lowest BCUT2D eigenvalue weighted by Gasteiger charge is -2.15. The van der Waals surface area contributed by atoms with Crippen molar-refractivity contribution in [2.45, 2.75) is 0 Å². The number of furan rings is 1. The highest BCUT2D eigenvalue weighted by Gasteiger charge is 2.27. The molecule has 0 atom stereocenters. The van der Waals surface area contributed by atoms with Crippen LogP contribution in [0.15, 0.2) is 156 Å². The summed E-state index contributed by atoms with van der Waals surface area (Å²) in [5.41, 5.74) is 11.5. The Balaban J connectivity index is 1.26. The standard InChI is InChI=1S/C43H25N3O/c1-3-11-26(12-4-1)30-23-35-33-18-9-15-27-16-10-19-34(39(27)33)40(35)36(24-30)43-45-41(28-13-5-2-6-14-28)44-42(46-43)29-21-22-32-31-17-7-8-20-37(31)47-38(32)25-29/h1-25H. The zero-order chi connectivity index (χ0) is 30.9. The van der Waals surface area contributed by atoms with Gasteiger partial charge in [0.15, 0.2) is 17.5 Å². The van der Waals surface area contributed by atoms with Crippen molar-refractivity contribution in [1.82, 2.24) is 15.0 Å². The Kier molecular flexibility index (Phi) is 5.54. The summed E-state index contributed by atoms with van der Waals surface area (Å²) in [5, 5.41) is 4.66. The highest BCUT2D eigenvalue weighted by Crippen LogP contribution is 2.52. The van der Waals surface area contributed by atoms with Gasteiger partial charge in [0.25, 0.3) is 0 Å². The van der Waals surface area contributed by atoms with Crippen LogP contribution in [0.4, 0.5) is 0 Å². The minimum absolute atomic E-state index is 0.601. The van der Waals surface area contributed by atoms with Crippen molar-refractivity contribution in [3.05, 3.63) is 152 Å². The monoisotopic (exact) mass is 599 g/mol. The van der Waals surface area contributed by atoms with Gasteiger partial charge in [-0.05, 0) is 68.9 Å². The first-order chi connectivity index (χ1) is 23.3. The molecule has 1 aliphatic rings. The van der Waals surface area contributed by atoms with Crippen LogP contribution in [0.5, 0.6) is 0 Å². The summed E-state index contributed by atoms with van der Waals surface area (Å²) in [6, 6.07) is 52.7. The molecular formula is C43H25N3O. The van der Waals surface area contributed by atoms with Crippen LogP contribution in [0.25, 0.3) is 100 Å². The molecule has 0 unspecified atom stereocenters. The highest BCUT2D eigenvalue weighted by atomic mass is 16.3. The third kappa shape index (κ3) is 4.05. The van der Waals surface area contributed by atoms with Gasteiger partial charge in [0.2, 0.25) is 0 Å². The van der Waals surface area contributed by atoms with Crippen molar-refractivity contribution in [2.24, 2.45) is 0 Å². The van der Waals surface area contributed by atoms with Crippen molar-refractivity contribution in [2.75, 3.05) is 0 Å². The maximum atomic E-state index is 6.27.